The monoisotopic (exact) mass is 195 g/mol. The molecular weight excluding hydrogens is 177 g/mol. The summed E-state index contributed by atoms with van der Waals surface area (Å²) in [7, 11) is 1.88. The maximum Gasteiger partial charge on any atom is 0.130 e. The van der Waals surface area contributed by atoms with Crippen molar-refractivity contribution in [2.24, 2.45) is 0 Å². The Hall–Kier alpha value is -0.890. The van der Waals surface area contributed by atoms with Gasteiger partial charge in [-0.2, -0.15) is 0 Å². The van der Waals surface area contributed by atoms with Crippen LogP contribution in [-0.4, -0.2) is 7.05 Å². The molecule has 1 N–H and O–H groups in total. The normalized spacial score (nSPS) is 14.1. The van der Waals surface area contributed by atoms with Gasteiger partial charge in [0, 0.05) is 6.04 Å². The molecule has 1 rings (SSSR count). The van der Waals surface area contributed by atoms with E-state index in [2.05, 4.69) is 5.32 Å². The van der Waals surface area contributed by atoms with Gasteiger partial charge in [-0.1, -0.05) is 24.3 Å². The van der Waals surface area contributed by atoms with Crippen LogP contribution in [-0.2, 0) is 5.67 Å². The smallest absolute Gasteiger partial charge is 0.130 e. The fraction of sp³-hybridized carbons (Fsp3) is 0.500. The number of rotatable bonds is 3. The first-order chi connectivity index (χ1) is 6.46. The first-order valence-corrected chi connectivity index (χ1v) is 4.92. The summed E-state index contributed by atoms with van der Waals surface area (Å²) >= 11 is 0. The lowest BCUT2D eigenvalue weighted by molar-refractivity contribution is 0.218. The molecule has 0 heterocycles. The number of alkyl halides is 1. The molecule has 1 unspecified atom stereocenters. The molecule has 0 radical (unpaired) electrons. The van der Waals surface area contributed by atoms with Crippen LogP contribution in [0.4, 0.5) is 4.39 Å². The molecule has 0 fully saturated rings. The molecule has 2 heteroatoms. The molecule has 0 aromatic heterocycles. The van der Waals surface area contributed by atoms with E-state index in [0.717, 1.165) is 11.1 Å². The third-order valence-corrected chi connectivity index (χ3v) is 2.50. The fourth-order valence-corrected chi connectivity index (χ4v) is 1.57. The van der Waals surface area contributed by atoms with Gasteiger partial charge in [0.25, 0.3) is 0 Å². The molecule has 0 saturated heterocycles. The van der Waals surface area contributed by atoms with Gasteiger partial charge >= 0.3 is 0 Å². The zero-order valence-electron chi connectivity index (χ0n) is 9.26. The Morgan fingerprint density at radius 3 is 2.36 bits per heavy atom. The van der Waals surface area contributed by atoms with Crippen molar-refractivity contribution in [3.05, 3.63) is 35.4 Å². The SMILES string of the molecule is CNC(C)c1ccccc1C(C)(C)F. The number of nitrogens with one attached hydrogen (secondary N) is 1. The maximum atomic E-state index is 13.9. The maximum absolute atomic E-state index is 13.9. The van der Waals surface area contributed by atoms with Gasteiger partial charge in [0.1, 0.15) is 5.67 Å². The Morgan fingerprint density at radius 1 is 1.29 bits per heavy atom. The summed E-state index contributed by atoms with van der Waals surface area (Å²) in [5.41, 5.74) is 0.520. The van der Waals surface area contributed by atoms with Crippen LogP contribution in [0.5, 0.6) is 0 Å². The molecule has 78 valence electrons. The van der Waals surface area contributed by atoms with Crippen LogP contribution in [0.25, 0.3) is 0 Å². The second-order valence-electron chi connectivity index (χ2n) is 4.07. The van der Waals surface area contributed by atoms with Gasteiger partial charge in [0.05, 0.1) is 0 Å². The molecule has 0 aliphatic rings. The number of hydrogen-bond acceptors (Lipinski definition) is 1. The Bertz CT molecular complexity index is 301. The van der Waals surface area contributed by atoms with Crippen LogP contribution in [0, 0.1) is 0 Å². The molecule has 0 saturated carbocycles. The highest BCUT2D eigenvalue weighted by atomic mass is 19.1. The van der Waals surface area contributed by atoms with Gasteiger partial charge in [-0.25, -0.2) is 4.39 Å². The number of halogens is 1. The highest BCUT2D eigenvalue weighted by Gasteiger charge is 2.23. The number of hydrogen-bond donors (Lipinski definition) is 1. The minimum Gasteiger partial charge on any atom is -0.313 e. The van der Waals surface area contributed by atoms with Crippen molar-refractivity contribution in [3.63, 3.8) is 0 Å². The molecule has 1 nitrogen and oxygen atoms in total. The quantitative estimate of drug-likeness (QED) is 0.781. The van der Waals surface area contributed by atoms with E-state index in [1.54, 1.807) is 13.8 Å². The van der Waals surface area contributed by atoms with Gasteiger partial charge in [-0.15, -0.1) is 0 Å². The average molecular weight is 195 g/mol. The summed E-state index contributed by atoms with van der Waals surface area (Å²) in [5.74, 6) is 0. The van der Waals surface area contributed by atoms with Gasteiger partial charge in [-0.3, -0.25) is 0 Å². The summed E-state index contributed by atoms with van der Waals surface area (Å²) in [6.45, 7) is 5.22. The van der Waals surface area contributed by atoms with Crippen molar-refractivity contribution >= 4 is 0 Å². The lowest BCUT2D eigenvalue weighted by Crippen LogP contribution is -2.19. The molecule has 1 aromatic carbocycles. The molecule has 0 bridgehead atoms. The van der Waals surface area contributed by atoms with Crippen LogP contribution in [0.1, 0.15) is 37.9 Å². The average Bonchev–Trinajstić information content (AvgIpc) is 2.15. The first kappa shape index (κ1) is 11.2. The summed E-state index contributed by atoms with van der Waals surface area (Å²) in [4.78, 5) is 0. The first-order valence-electron chi connectivity index (χ1n) is 4.92. The van der Waals surface area contributed by atoms with Gasteiger partial charge in [-0.05, 0) is 38.9 Å². The summed E-state index contributed by atoms with van der Waals surface area (Å²) in [6, 6.07) is 7.82. The van der Waals surface area contributed by atoms with Crippen LogP contribution < -0.4 is 5.32 Å². The summed E-state index contributed by atoms with van der Waals surface area (Å²) < 4.78 is 13.9. The van der Waals surface area contributed by atoms with Crippen LogP contribution in [0.15, 0.2) is 24.3 Å². The van der Waals surface area contributed by atoms with E-state index < -0.39 is 5.67 Å². The lowest BCUT2D eigenvalue weighted by atomic mass is 9.91. The molecule has 0 aliphatic carbocycles. The van der Waals surface area contributed by atoms with Crippen LogP contribution in [0.2, 0.25) is 0 Å². The Morgan fingerprint density at radius 2 is 1.86 bits per heavy atom. The van der Waals surface area contributed by atoms with Crippen LogP contribution >= 0.6 is 0 Å². The highest BCUT2D eigenvalue weighted by Crippen LogP contribution is 2.30. The van der Waals surface area contributed by atoms with Gasteiger partial charge in [0.2, 0.25) is 0 Å². The van der Waals surface area contributed by atoms with Crippen molar-refractivity contribution in [2.75, 3.05) is 7.05 Å². The van der Waals surface area contributed by atoms with Crippen molar-refractivity contribution < 1.29 is 4.39 Å². The number of benzene rings is 1. The molecule has 1 aromatic rings. The van der Waals surface area contributed by atoms with Crippen molar-refractivity contribution in [1.82, 2.24) is 5.32 Å². The Labute approximate surface area is 85.3 Å². The molecule has 0 aliphatic heterocycles. The van der Waals surface area contributed by atoms with Gasteiger partial charge in [0.15, 0.2) is 0 Å². The molecule has 14 heavy (non-hydrogen) atoms. The topological polar surface area (TPSA) is 12.0 Å². The third-order valence-electron chi connectivity index (χ3n) is 2.50. The second-order valence-corrected chi connectivity index (χ2v) is 4.07. The van der Waals surface area contributed by atoms with E-state index in [0.29, 0.717) is 0 Å². The fourth-order valence-electron chi connectivity index (χ4n) is 1.57. The van der Waals surface area contributed by atoms with Gasteiger partial charge < -0.3 is 5.32 Å². The summed E-state index contributed by atoms with van der Waals surface area (Å²) in [6.07, 6.45) is 0. The Balaban J connectivity index is 3.16. The molecular formula is C12H18FN. The summed E-state index contributed by atoms with van der Waals surface area (Å²) in [5, 5.41) is 3.13. The van der Waals surface area contributed by atoms with E-state index in [1.165, 1.54) is 0 Å². The van der Waals surface area contributed by atoms with E-state index in [1.807, 2.05) is 38.2 Å². The van der Waals surface area contributed by atoms with Crippen molar-refractivity contribution in [3.8, 4) is 0 Å². The zero-order chi connectivity index (χ0) is 10.8. The molecule has 0 spiro atoms. The Kier molecular flexibility index (Phi) is 3.27. The van der Waals surface area contributed by atoms with Crippen molar-refractivity contribution in [1.29, 1.82) is 0 Å². The molecule has 1 atom stereocenters. The lowest BCUT2D eigenvalue weighted by Gasteiger charge is -2.22. The minimum absolute atomic E-state index is 0.182. The predicted molar refractivity (Wildman–Crippen MR) is 58.1 cm³/mol. The van der Waals surface area contributed by atoms with E-state index >= 15 is 0 Å². The standard InChI is InChI=1S/C12H18FN/c1-9(14-4)10-7-5-6-8-11(10)12(2,3)13/h5-9,14H,1-4H3. The van der Waals surface area contributed by atoms with E-state index in [-0.39, 0.29) is 6.04 Å². The van der Waals surface area contributed by atoms with Crippen LogP contribution in [0.3, 0.4) is 0 Å². The third kappa shape index (κ3) is 2.32. The van der Waals surface area contributed by atoms with E-state index in [4.69, 9.17) is 0 Å². The largest absolute Gasteiger partial charge is 0.313 e. The minimum atomic E-state index is -1.28. The predicted octanol–water partition coefficient (Wildman–Crippen LogP) is 3.17. The van der Waals surface area contributed by atoms with Crippen molar-refractivity contribution in [2.45, 2.75) is 32.5 Å². The zero-order valence-corrected chi connectivity index (χ0v) is 9.26. The molecule has 0 amide bonds. The van der Waals surface area contributed by atoms with E-state index in [9.17, 15) is 4.39 Å². The highest BCUT2D eigenvalue weighted by molar-refractivity contribution is 5.33. The second kappa shape index (κ2) is 4.09.